The van der Waals surface area contributed by atoms with Crippen LogP contribution in [0.3, 0.4) is 0 Å². The van der Waals surface area contributed by atoms with Gasteiger partial charge in [0.05, 0.1) is 18.6 Å². The van der Waals surface area contributed by atoms with Crippen LogP contribution in [0.15, 0.2) is 0 Å². The Morgan fingerprint density at radius 2 is 1.56 bits per heavy atom. The Kier molecular flexibility index (Phi) is 3.75. The van der Waals surface area contributed by atoms with E-state index in [9.17, 15) is 9.59 Å². The first-order chi connectivity index (χ1) is 8.53. The van der Waals surface area contributed by atoms with Gasteiger partial charge in [-0.3, -0.25) is 4.79 Å². The van der Waals surface area contributed by atoms with Crippen LogP contribution in [0, 0.1) is 5.41 Å². The molecular weight excluding hydrogens is 236 g/mol. The number of carboxylic acids is 1. The molecule has 0 aromatic rings. The summed E-state index contributed by atoms with van der Waals surface area (Å²) in [6.07, 6.45) is 1.05. The van der Waals surface area contributed by atoms with Gasteiger partial charge in [0.15, 0.2) is 0 Å². The van der Waals surface area contributed by atoms with Gasteiger partial charge >= 0.3 is 12.0 Å². The van der Waals surface area contributed by atoms with E-state index >= 15 is 0 Å². The zero-order chi connectivity index (χ0) is 13.2. The number of ether oxygens (including phenoxy) is 1. The third-order valence-corrected chi connectivity index (χ3v) is 3.94. The van der Waals surface area contributed by atoms with Crippen LogP contribution in [0.2, 0.25) is 0 Å². The van der Waals surface area contributed by atoms with Crippen LogP contribution in [0.5, 0.6) is 0 Å². The van der Waals surface area contributed by atoms with E-state index in [1.807, 2.05) is 0 Å². The molecule has 18 heavy (non-hydrogen) atoms. The Hall–Kier alpha value is -1.30. The number of nitrogens with zero attached hydrogens (tertiary/aromatic N) is 2. The fourth-order valence-corrected chi connectivity index (χ4v) is 2.36. The quantitative estimate of drug-likeness (QED) is 0.747. The molecule has 6 heteroatoms. The van der Waals surface area contributed by atoms with Crippen LogP contribution >= 0.6 is 0 Å². The van der Waals surface area contributed by atoms with E-state index in [4.69, 9.17) is 9.84 Å². The number of piperidine rings is 1. The van der Waals surface area contributed by atoms with Crippen LogP contribution in [-0.4, -0.2) is 66.3 Å². The zero-order valence-electron chi connectivity index (χ0n) is 10.7. The molecule has 2 heterocycles. The van der Waals surface area contributed by atoms with Crippen molar-refractivity contribution in [3.63, 3.8) is 0 Å². The second-order valence-electron chi connectivity index (χ2n) is 5.23. The number of urea groups is 1. The first kappa shape index (κ1) is 13.1. The molecule has 1 N–H and O–H groups in total. The molecule has 0 spiro atoms. The Morgan fingerprint density at radius 1 is 1.06 bits per heavy atom. The van der Waals surface area contributed by atoms with Crippen molar-refractivity contribution in [2.24, 2.45) is 5.41 Å². The van der Waals surface area contributed by atoms with Gasteiger partial charge in [-0.1, -0.05) is 0 Å². The minimum absolute atomic E-state index is 0.0192. The molecule has 0 atom stereocenters. The molecule has 2 saturated heterocycles. The molecule has 102 valence electrons. The highest BCUT2D eigenvalue weighted by Crippen LogP contribution is 2.31. The number of hydrogen-bond donors (Lipinski definition) is 1. The molecule has 0 aromatic carbocycles. The van der Waals surface area contributed by atoms with Crippen LogP contribution < -0.4 is 0 Å². The van der Waals surface area contributed by atoms with Crippen molar-refractivity contribution in [1.29, 1.82) is 0 Å². The Morgan fingerprint density at radius 3 is 2.06 bits per heavy atom. The summed E-state index contributed by atoms with van der Waals surface area (Å²) in [6.45, 7) is 5.25. The van der Waals surface area contributed by atoms with Gasteiger partial charge in [-0.25, -0.2) is 4.79 Å². The average molecular weight is 256 g/mol. The lowest BCUT2D eigenvalue weighted by Gasteiger charge is -2.39. The summed E-state index contributed by atoms with van der Waals surface area (Å²) in [7, 11) is 0. The van der Waals surface area contributed by atoms with E-state index < -0.39 is 11.4 Å². The van der Waals surface area contributed by atoms with Gasteiger partial charge in [0, 0.05) is 26.2 Å². The molecule has 0 aromatic heterocycles. The van der Waals surface area contributed by atoms with Crippen molar-refractivity contribution in [2.45, 2.75) is 19.8 Å². The zero-order valence-corrected chi connectivity index (χ0v) is 10.7. The van der Waals surface area contributed by atoms with E-state index in [0.29, 0.717) is 52.2 Å². The number of aliphatic carboxylic acids is 1. The van der Waals surface area contributed by atoms with Crippen molar-refractivity contribution < 1.29 is 19.4 Å². The highest BCUT2D eigenvalue weighted by molar-refractivity contribution is 5.77. The molecule has 2 rings (SSSR count). The van der Waals surface area contributed by atoms with E-state index in [-0.39, 0.29) is 6.03 Å². The molecule has 2 aliphatic heterocycles. The number of carbonyl (C=O) groups is 2. The fourth-order valence-electron chi connectivity index (χ4n) is 2.36. The lowest BCUT2D eigenvalue weighted by atomic mass is 9.80. The smallest absolute Gasteiger partial charge is 0.320 e. The number of rotatable bonds is 1. The molecule has 2 aliphatic rings. The second kappa shape index (κ2) is 5.14. The molecule has 0 radical (unpaired) electrons. The van der Waals surface area contributed by atoms with Crippen molar-refractivity contribution in [3.8, 4) is 0 Å². The summed E-state index contributed by atoms with van der Waals surface area (Å²) in [5, 5.41) is 9.14. The van der Waals surface area contributed by atoms with Crippen molar-refractivity contribution in [1.82, 2.24) is 9.80 Å². The predicted octanol–water partition coefficient (Wildman–Crippen LogP) is 0.625. The van der Waals surface area contributed by atoms with Gasteiger partial charge in [-0.15, -0.1) is 0 Å². The van der Waals surface area contributed by atoms with E-state index in [0.717, 1.165) is 0 Å². The number of hydrogen-bond acceptors (Lipinski definition) is 3. The minimum atomic E-state index is -0.763. The largest absolute Gasteiger partial charge is 0.481 e. The standard InChI is InChI=1S/C12H20N2O4/c1-12(10(15)16)2-4-13(5-3-12)11(17)14-6-8-18-9-7-14/h2-9H2,1H3,(H,15,16). The molecule has 0 bridgehead atoms. The molecule has 2 fully saturated rings. The molecule has 0 saturated carbocycles. The van der Waals surface area contributed by atoms with E-state index in [2.05, 4.69) is 0 Å². The number of carboxylic acid groups (broad SMARTS) is 1. The average Bonchev–Trinajstić information content (AvgIpc) is 2.40. The minimum Gasteiger partial charge on any atom is -0.481 e. The topological polar surface area (TPSA) is 70.1 Å². The highest BCUT2D eigenvalue weighted by atomic mass is 16.5. The van der Waals surface area contributed by atoms with Gasteiger partial charge in [0.1, 0.15) is 0 Å². The van der Waals surface area contributed by atoms with Crippen LogP contribution in [0.25, 0.3) is 0 Å². The maximum atomic E-state index is 12.2. The molecule has 0 unspecified atom stereocenters. The molecule has 6 nitrogen and oxygen atoms in total. The van der Waals surface area contributed by atoms with Gasteiger partial charge in [-0.05, 0) is 19.8 Å². The van der Waals surface area contributed by atoms with Crippen molar-refractivity contribution in [2.75, 3.05) is 39.4 Å². The second-order valence-corrected chi connectivity index (χ2v) is 5.23. The number of likely N-dealkylation sites (tertiary alicyclic amines) is 1. The van der Waals surface area contributed by atoms with Gasteiger partial charge in [0.25, 0.3) is 0 Å². The fraction of sp³-hybridized carbons (Fsp3) is 0.833. The number of amides is 2. The maximum Gasteiger partial charge on any atom is 0.320 e. The van der Waals surface area contributed by atoms with E-state index in [1.165, 1.54) is 0 Å². The molecule has 0 aliphatic carbocycles. The summed E-state index contributed by atoms with van der Waals surface area (Å²) < 4.78 is 5.21. The summed E-state index contributed by atoms with van der Waals surface area (Å²) in [5.41, 5.74) is -0.679. The van der Waals surface area contributed by atoms with Crippen molar-refractivity contribution in [3.05, 3.63) is 0 Å². The van der Waals surface area contributed by atoms with E-state index in [1.54, 1.807) is 16.7 Å². The maximum absolute atomic E-state index is 12.2. The number of morpholine rings is 1. The summed E-state index contributed by atoms with van der Waals surface area (Å²) in [6, 6.07) is 0.0192. The normalized spacial score (nSPS) is 23.8. The van der Waals surface area contributed by atoms with Crippen molar-refractivity contribution >= 4 is 12.0 Å². The summed E-state index contributed by atoms with van der Waals surface area (Å²) >= 11 is 0. The molecule has 2 amide bonds. The Bertz CT molecular complexity index is 331. The Balaban J connectivity index is 1.89. The molecular formula is C12H20N2O4. The summed E-state index contributed by atoms with van der Waals surface area (Å²) in [5.74, 6) is -0.763. The predicted molar refractivity (Wildman–Crippen MR) is 64.3 cm³/mol. The van der Waals surface area contributed by atoms with Crippen LogP contribution in [0.1, 0.15) is 19.8 Å². The van der Waals surface area contributed by atoms with Crippen LogP contribution in [0.4, 0.5) is 4.79 Å². The number of carbonyl (C=O) groups excluding carboxylic acids is 1. The first-order valence-corrected chi connectivity index (χ1v) is 6.38. The lowest BCUT2D eigenvalue weighted by Crippen LogP contribution is -2.52. The van der Waals surface area contributed by atoms with Gasteiger partial charge in [-0.2, -0.15) is 0 Å². The first-order valence-electron chi connectivity index (χ1n) is 6.38. The van der Waals surface area contributed by atoms with Gasteiger partial charge < -0.3 is 19.6 Å². The summed E-state index contributed by atoms with van der Waals surface area (Å²) in [4.78, 5) is 26.9. The van der Waals surface area contributed by atoms with Crippen LogP contribution in [-0.2, 0) is 9.53 Å². The third-order valence-electron chi connectivity index (χ3n) is 3.94. The highest BCUT2D eigenvalue weighted by Gasteiger charge is 2.38. The lowest BCUT2D eigenvalue weighted by molar-refractivity contribution is -0.150. The monoisotopic (exact) mass is 256 g/mol. The SMILES string of the molecule is CC1(C(=O)O)CCN(C(=O)N2CCOCC2)CC1. The Labute approximate surface area is 106 Å². The van der Waals surface area contributed by atoms with Gasteiger partial charge in [0.2, 0.25) is 0 Å². The third kappa shape index (κ3) is 2.58.